The third-order valence-electron chi connectivity index (χ3n) is 12.4. The quantitative estimate of drug-likeness (QED) is 0.0374. The summed E-state index contributed by atoms with van der Waals surface area (Å²) in [6.45, 7) is 4.04. The summed E-state index contributed by atoms with van der Waals surface area (Å²) in [5.41, 5.74) is 0. The number of unbranched alkanes of at least 4 members (excludes halogenated alkanes) is 28. The van der Waals surface area contributed by atoms with Crippen molar-refractivity contribution in [3.63, 3.8) is 0 Å². The van der Waals surface area contributed by atoms with Gasteiger partial charge in [0, 0.05) is 12.8 Å². The summed E-state index contributed by atoms with van der Waals surface area (Å²) in [6.07, 6.45) is 82.3. The third-order valence-corrected chi connectivity index (χ3v) is 12.4. The summed E-state index contributed by atoms with van der Waals surface area (Å²) in [7, 11) is 0. The minimum absolute atomic E-state index is 0.0705. The van der Waals surface area contributed by atoms with Gasteiger partial charge in [-0.2, -0.15) is 0 Å². The van der Waals surface area contributed by atoms with Gasteiger partial charge in [0.05, 0.1) is 6.61 Å². The van der Waals surface area contributed by atoms with Crippen LogP contribution in [0.25, 0.3) is 0 Å². The largest absolute Gasteiger partial charge is 0.462 e. The topological polar surface area (TPSA) is 72.8 Å². The number of carbonyl (C=O) groups excluding carboxylic acids is 2. The first-order valence-electron chi connectivity index (χ1n) is 28.8. The van der Waals surface area contributed by atoms with E-state index >= 15 is 0 Å². The molecule has 5 nitrogen and oxygen atoms in total. The number of ether oxygens (including phenoxy) is 2. The number of carbonyl (C=O) groups is 2. The second-order valence-corrected chi connectivity index (χ2v) is 19.0. The standard InChI is InChI=1S/C63H108O5/c1-3-5-7-9-11-13-15-17-19-21-23-25-26-27-28-29-30-31-32-33-34-35-36-38-40-42-44-46-48-50-52-54-56-58-63(66)68-61(59-64)60-67-62(65)57-55-53-51-49-47-45-43-41-39-37-24-22-20-18-16-14-12-10-8-6-4-2/h5,7,11,13,17,19,23,25,27-28,30-31,33-34,36,38,61,64H,3-4,6,8-10,12,14-16,18,20-22,24,26,29,32,35,37,39-60H2,1-2H3/b7-5-,13-11-,19-17-,25-23-,28-27-,31-30-,34-33-,38-36-. The highest BCUT2D eigenvalue weighted by Gasteiger charge is 2.16. The molecule has 0 aromatic rings. The molecule has 0 aliphatic heterocycles. The number of rotatable bonds is 52. The van der Waals surface area contributed by atoms with Crippen LogP contribution >= 0.6 is 0 Å². The molecule has 68 heavy (non-hydrogen) atoms. The maximum atomic E-state index is 12.3. The van der Waals surface area contributed by atoms with Gasteiger partial charge < -0.3 is 14.6 Å². The fraction of sp³-hybridized carbons (Fsp3) is 0.714. The van der Waals surface area contributed by atoms with Crippen molar-refractivity contribution in [2.45, 2.75) is 277 Å². The van der Waals surface area contributed by atoms with Crippen LogP contribution < -0.4 is 0 Å². The lowest BCUT2D eigenvalue weighted by atomic mass is 10.0. The highest BCUT2D eigenvalue weighted by Crippen LogP contribution is 2.16. The van der Waals surface area contributed by atoms with Gasteiger partial charge in [-0.25, -0.2) is 0 Å². The number of aliphatic hydroxyl groups excluding tert-OH is 1. The highest BCUT2D eigenvalue weighted by molar-refractivity contribution is 5.70. The summed E-state index contributed by atoms with van der Waals surface area (Å²) in [6, 6.07) is 0. The normalized spacial score (nSPS) is 12.9. The molecule has 0 bridgehead atoms. The maximum absolute atomic E-state index is 12.3. The molecule has 0 radical (unpaired) electrons. The van der Waals surface area contributed by atoms with Crippen molar-refractivity contribution in [3.05, 3.63) is 97.2 Å². The van der Waals surface area contributed by atoms with Crippen LogP contribution in [-0.4, -0.2) is 36.4 Å². The van der Waals surface area contributed by atoms with Crippen LogP contribution in [0.3, 0.4) is 0 Å². The van der Waals surface area contributed by atoms with Crippen molar-refractivity contribution >= 4 is 11.9 Å². The van der Waals surface area contributed by atoms with Crippen molar-refractivity contribution in [2.75, 3.05) is 13.2 Å². The SMILES string of the molecule is CC/C=C\C/C=C\C/C=C\C/C=C\C/C=C\C/C=C\C/C=C\C/C=C\CCCCCCCCCCC(=O)OC(CO)COC(=O)CCCCCCCCCCCCCCCCCCCCCCC. The molecule has 0 spiro atoms. The van der Waals surface area contributed by atoms with E-state index in [0.717, 1.165) is 96.3 Å². The van der Waals surface area contributed by atoms with E-state index in [2.05, 4.69) is 111 Å². The molecule has 0 aliphatic rings. The van der Waals surface area contributed by atoms with E-state index in [4.69, 9.17) is 9.47 Å². The molecule has 1 unspecified atom stereocenters. The van der Waals surface area contributed by atoms with Crippen LogP contribution in [0.1, 0.15) is 271 Å². The molecule has 1 atom stereocenters. The second-order valence-electron chi connectivity index (χ2n) is 19.0. The van der Waals surface area contributed by atoms with Gasteiger partial charge in [0.15, 0.2) is 6.10 Å². The minimum Gasteiger partial charge on any atom is -0.462 e. The van der Waals surface area contributed by atoms with Crippen molar-refractivity contribution in [1.82, 2.24) is 0 Å². The molecule has 0 fully saturated rings. The van der Waals surface area contributed by atoms with Crippen LogP contribution in [0, 0.1) is 0 Å². The monoisotopic (exact) mass is 945 g/mol. The average Bonchev–Trinajstić information content (AvgIpc) is 3.34. The molecule has 0 saturated heterocycles. The van der Waals surface area contributed by atoms with Crippen LogP contribution in [-0.2, 0) is 19.1 Å². The lowest BCUT2D eigenvalue weighted by Gasteiger charge is -2.15. The first-order valence-corrected chi connectivity index (χ1v) is 28.8. The van der Waals surface area contributed by atoms with Gasteiger partial charge in [-0.05, 0) is 77.0 Å². The first-order chi connectivity index (χ1) is 33.6. The lowest BCUT2D eigenvalue weighted by Crippen LogP contribution is -2.28. The van der Waals surface area contributed by atoms with E-state index in [1.54, 1.807) is 0 Å². The Kier molecular flexibility index (Phi) is 55.4. The number of aliphatic hydroxyl groups is 1. The Hall–Kier alpha value is -3.18. The fourth-order valence-electron chi connectivity index (χ4n) is 8.10. The fourth-order valence-corrected chi connectivity index (χ4v) is 8.10. The summed E-state index contributed by atoms with van der Waals surface area (Å²) >= 11 is 0. The van der Waals surface area contributed by atoms with Gasteiger partial charge in [0.25, 0.3) is 0 Å². The Bertz CT molecular complexity index is 1300. The zero-order valence-electron chi connectivity index (χ0n) is 44.6. The minimum atomic E-state index is -0.781. The summed E-state index contributed by atoms with van der Waals surface area (Å²) in [5.74, 6) is -0.594. The molecule has 5 heteroatoms. The molecule has 0 aromatic heterocycles. The van der Waals surface area contributed by atoms with Crippen LogP contribution in [0.15, 0.2) is 97.2 Å². The van der Waals surface area contributed by atoms with E-state index in [1.165, 1.54) is 148 Å². The smallest absolute Gasteiger partial charge is 0.306 e. The van der Waals surface area contributed by atoms with Gasteiger partial charge in [-0.3, -0.25) is 9.59 Å². The Morgan fingerprint density at radius 3 is 0.956 bits per heavy atom. The average molecular weight is 946 g/mol. The highest BCUT2D eigenvalue weighted by atomic mass is 16.6. The maximum Gasteiger partial charge on any atom is 0.306 e. The van der Waals surface area contributed by atoms with Crippen molar-refractivity contribution < 1.29 is 24.2 Å². The predicted octanol–water partition coefficient (Wildman–Crippen LogP) is 19.5. The van der Waals surface area contributed by atoms with Gasteiger partial charge in [0.2, 0.25) is 0 Å². The molecule has 0 heterocycles. The van der Waals surface area contributed by atoms with Gasteiger partial charge in [-0.1, -0.05) is 278 Å². The summed E-state index contributed by atoms with van der Waals surface area (Å²) in [5, 5.41) is 9.66. The lowest BCUT2D eigenvalue weighted by molar-refractivity contribution is -0.161. The molecule has 1 N–H and O–H groups in total. The van der Waals surface area contributed by atoms with E-state index in [-0.39, 0.29) is 25.2 Å². The number of hydrogen-bond donors (Lipinski definition) is 1. The zero-order chi connectivity index (χ0) is 49.2. The van der Waals surface area contributed by atoms with Gasteiger partial charge in [-0.15, -0.1) is 0 Å². The summed E-state index contributed by atoms with van der Waals surface area (Å²) < 4.78 is 10.7. The predicted molar refractivity (Wildman–Crippen MR) is 297 cm³/mol. The van der Waals surface area contributed by atoms with E-state index < -0.39 is 6.10 Å². The molecule has 0 saturated carbocycles. The zero-order valence-corrected chi connectivity index (χ0v) is 44.6. The Labute approximate surface area is 421 Å². The van der Waals surface area contributed by atoms with Crippen molar-refractivity contribution in [2.24, 2.45) is 0 Å². The molecule has 0 amide bonds. The molecule has 0 aliphatic carbocycles. The summed E-state index contributed by atoms with van der Waals surface area (Å²) in [4.78, 5) is 24.5. The van der Waals surface area contributed by atoms with E-state index in [9.17, 15) is 14.7 Å². The third kappa shape index (κ3) is 55.4. The van der Waals surface area contributed by atoms with E-state index in [1.807, 2.05) is 0 Å². The van der Waals surface area contributed by atoms with Gasteiger partial charge >= 0.3 is 11.9 Å². The molecular formula is C63H108O5. The van der Waals surface area contributed by atoms with Crippen LogP contribution in [0.2, 0.25) is 0 Å². The van der Waals surface area contributed by atoms with Crippen LogP contribution in [0.5, 0.6) is 0 Å². The first kappa shape index (κ1) is 64.8. The Balaban J connectivity index is 3.55. The van der Waals surface area contributed by atoms with Crippen molar-refractivity contribution in [3.8, 4) is 0 Å². The Morgan fingerprint density at radius 2 is 0.632 bits per heavy atom. The molecule has 0 rings (SSSR count). The number of allylic oxidation sites excluding steroid dienone is 16. The van der Waals surface area contributed by atoms with Crippen LogP contribution in [0.4, 0.5) is 0 Å². The Morgan fingerprint density at radius 1 is 0.353 bits per heavy atom. The second kappa shape index (κ2) is 58.1. The molecule has 0 aromatic carbocycles. The van der Waals surface area contributed by atoms with Crippen molar-refractivity contribution in [1.29, 1.82) is 0 Å². The molecular weight excluding hydrogens is 837 g/mol. The number of hydrogen-bond acceptors (Lipinski definition) is 5. The van der Waals surface area contributed by atoms with Gasteiger partial charge in [0.1, 0.15) is 6.61 Å². The van der Waals surface area contributed by atoms with E-state index in [0.29, 0.717) is 12.8 Å². The number of esters is 2. The molecule has 390 valence electrons.